The number of hydrogen-bond donors (Lipinski definition) is 2. The average molecular weight is 257 g/mol. The lowest BCUT2D eigenvalue weighted by molar-refractivity contribution is 0.516. The van der Waals surface area contributed by atoms with Gasteiger partial charge in [-0.25, -0.2) is 0 Å². The van der Waals surface area contributed by atoms with Gasteiger partial charge in [0.25, 0.3) is 0 Å². The lowest BCUT2D eigenvalue weighted by Gasteiger charge is -2.22. The molecule has 3 N–H and O–H groups in total. The van der Waals surface area contributed by atoms with Crippen LogP contribution < -0.4 is 11.1 Å². The predicted octanol–water partition coefficient (Wildman–Crippen LogP) is 3.48. The van der Waals surface area contributed by atoms with Crippen molar-refractivity contribution in [3.8, 4) is 0 Å². The zero-order valence-electron chi connectivity index (χ0n) is 9.21. The average Bonchev–Trinajstić information content (AvgIpc) is 2.30. The number of nitrogens with two attached hydrogens (primary N) is 1. The topological polar surface area (TPSA) is 38.0 Å². The number of nitrogen functional groups attached to an aromatic ring is 1. The Hall–Kier alpha value is -0.540. The van der Waals surface area contributed by atoms with Crippen LogP contribution in [0.3, 0.4) is 0 Å². The van der Waals surface area contributed by atoms with Crippen LogP contribution in [0.4, 0.5) is 11.4 Å². The quantitative estimate of drug-likeness (QED) is 0.814. The van der Waals surface area contributed by atoms with Crippen molar-refractivity contribution in [2.24, 2.45) is 5.92 Å². The van der Waals surface area contributed by atoms with Crippen LogP contribution >= 0.6 is 23.4 Å². The molecule has 16 heavy (non-hydrogen) atoms. The van der Waals surface area contributed by atoms with E-state index in [2.05, 4.69) is 5.32 Å². The molecule has 0 amide bonds. The highest BCUT2D eigenvalue weighted by Crippen LogP contribution is 2.29. The Kier molecular flexibility index (Phi) is 4.24. The Balaban J connectivity index is 1.93. The van der Waals surface area contributed by atoms with Crippen LogP contribution in [0.5, 0.6) is 0 Å². The Morgan fingerprint density at radius 2 is 2.12 bits per heavy atom. The first-order chi connectivity index (χ1) is 7.77. The summed E-state index contributed by atoms with van der Waals surface area (Å²) < 4.78 is 0. The molecule has 1 aromatic rings. The molecule has 1 fully saturated rings. The summed E-state index contributed by atoms with van der Waals surface area (Å²) in [7, 11) is 0. The Labute approximate surface area is 106 Å². The lowest BCUT2D eigenvalue weighted by Crippen LogP contribution is -2.19. The van der Waals surface area contributed by atoms with E-state index in [9.17, 15) is 0 Å². The summed E-state index contributed by atoms with van der Waals surface area (Å²) in [4.78, 5) is 0. The zero-order chi connectivity index (χ0) is 11.4. The summed E-state index contributed by atoms with van der Waals surface area (Å²) in [5.74, 6) is 3.33. The minimum absolute atomic E-state index is 0.713. The molecule has 1 aromatic carbocycles. The molecule has 0 radical (unpaired) electrons. The number of halogens is 1. The fourth-order valence-corrected chi connectivity index (χ4v) is 3.38. The summed E-state index contributed by atoms with van der Waals surface area (Å²) in [5.41, 5.74) is 7.51. The Bertz CT molecular complexity index is 331. The van der Waals surface area contributed by atoms with Crippen molar-refractivity contribution in [3.63, 3.8) is 0 Å². The van der Waals surface area contributed by atoms with Crippen LogP contribution in [0.2, 0.25) is 5.02 Å². The largest absolute Gasteiger partial charge is 0.397 e. The fraction of sp³-hybridized carbons (Fsp3) is 0.500. The number of nitrogens with one attached hydrogen (secondary N) is 1. The van der Waals surface area contributed by atoms with Gasteiger partial charge in [-0.1, -0.05) is 17.7 Å². The van der Waals surface area contributed by atoms with Crippen LogP contribution in [0.1, 0.15) is 12.8 Å². The lowest BCUT2D eigenvalue weighted by atomic mass is 10.0. The van der Waals surface area contributed by atoms with Gasteiger partial charge in [0.2, 0.25) is 0 Å². The minimum atomic E-state index is 0.713. The molecule has 0 bridgehead atoms. The first kappa shape index (κ1) is 11.9. The Morgan fingerprint density at radius 3 is 2.81 bits per heavy atom. The van der Waals surface area contributed by atoms with Gasteiger partial charge in [-0.05, 0) is 42.4 Å². The molecular weight excluding hydrogens is 240 g/mol. The van der Waals surface area contributed by atoms with Crippen molar-refractivity contribution >= 4 is 34.7 Å². The van der Waals surface area contributed by atoms with E-state index in [4.69, 9.17) is 17.3 Å². The number of hydrogen-bond acceptors (Lipinski definition) is 3. The van der Waals surface area contributed by atoms with E-state index in [-0.39, 0.29) is 0 Å². The molecule has 1 aliphatic rings. The van der Waals surface area contributed by atoms with E-state index >= 15 is 0 Å². The number of anilines is 2. The van der Waals surface area contributed by atoms with Crippen molar-refractivity contribution in [2.75, 3.05) is 29.1 Å². The van der Waals surface area contributed by atoms with Crippen LogP contribution in [0.25, 0.3) is 0 Å². The maximum absolute atomic E-state index is 6.10. The smallest absolute Gasteiger partial charge is 0.0763 e. The van der Waals surface area contributed by atoms with Crippen LogP contribution in [0, 0.1) is 5.92 Å². The van der Waals surface area contributed by atoms with E-state index < -0.39 is 0 Å². The normalized spacial score (nSPS) is 17.3. The Morgan fingerprint density at radius 1 is 1.38 bits per heavy atom. The van der Waals surface area contributed by atoms with Gasteiger partial charge in [-0.3, -0.25) is 0 Å². The summed E-state index contributed by atoms with van der Waals surface area (Å²) in [6, 6.07) is 5.63. The molecule has 2 nitrogen and oxygen atoms in total. The van der Waals surface area contributed by atoms with Crippen LogP contribution in [-0.2, 0) is 0 Å². The zero-order valence-corrected chi connectivity index (χ0v) is 10.8. The number of para-hydroxylation sites is 1. The maximum Gasteiger partial charge on any atom is 0.0763 e. The highest BCUT2D eigenvalue weighted by atomic mass is 35.5. The molecular formula is C12H17ClN2S. The van der Waals surface area contributed by atoms with Crippen molar-refractivity contribution in [1.82, 2.24) is 0 Å². The first-order valence-electron chi connectivity index (χ1n) is 5.63. The predicted molar refractivity (Wildman–Crippen MR) is 74.4 cm³/mol. The molecule has 4 heteroatoms. The number of rotatable bonds is 3. The van der Waals surface area contributed by atoms with Crippen molar-refractivity contribution in [1.29, 1.82) is 0 Å². The van der Waals surface area contributed by atoms with Gasteiger partial charge in [-0.2, -0.15) is 11.8 Å². The highest BCUT2D eigenvalue weighted by Gasteiger charge is 2.14. The molecule has 1 aliphatic heterocycles. The summed E-state index contributed by atoms with van der Waals surface area (Å²) in [5, 5.41) is 4.10. The van der Waals surface area contributed by atoms with E-state index in [1.165, 1.54) is 24.3 Å². The third-order valence-corrected chi connectivity index (χ3v) is 4.32. The molecule has 0 aromatic heterocycles. The molecule has 2 rings (SSSR count). The van der Waals surface area contributed by atoms with E-state index in [0.29, 0.717) is 5.02 Å². The second-order valence-corrected chi connectivity index (χ2v) is 5.77. The standard InChI is InChI=1S/C12H17ClN2S/c13-10-2-1-3-11(14)12(10)15-8-9-4-6-16-7-5-9/h1-3,9,15H,4-8,14H2. The van der Waals surface area contributed by atoms with Gasteiger partial charge in [0.15, 0.2) is 0 Å². The van der Waals surface area contributed by atoms with Gasteiger partial charge in [-0.15, -0.1) is 0 Å². The van der Waals surface area contributed by atoms with Crippen molar-refractivity contribution in [2.45, 2.75) is 12.8 Å². The second-order valence-electron chi connectivity index (χ2n) is 4.14. The summed E-state index contributed by atoms with van der Waals surface area (Å²) >= 11 is 8.15. The van der Waals surface area contributed by atoms with Gasteiger partial charge >= 0.3 is 0 Å². The van der Waals surface area contributed by atoms with E-state index in [0.717, 1.165) is 23.8 Å². The molecule has 1 heterocycles. The maximum atomic E-state index is 6.10. The van der Waals surface area contributed by atoms with Gasteiger partial charge < -0.3 is 11.1 Å². The monoisotopic (exact) mass is 256 g/mol. The molecule has 0 saturated carbocycles. The summed E-state index contributed by atoms with van der Waals surface area (Å²) in [6.07, 6.45) is 2.59. The molecule has 0 aliphatic carbocycles. The molecule has 0 unspecified atom stereocenters. The van der Waals surface area contributed by atoms with Crippen molar-refractivity contribution in [3.05, 3.63) is 23.2 Å². The van der Waals surface area contributed by atoms with Crippen LogP contribution in [0.15, 0.2) is 18.2 Å². The van der Waals surface area contributed by atoms with Crippen molar-refractivity contribution < 1.29 is 0 Å². The van der Waals surface area contributed by atoms with E-state index in [1.807, 2.05) is 30.0 Å². The molecule has 1 saturated heterocycles. The van der Waals surface area contributed by atoms with E-state index in [1.54, 1.807) is 0 Å². The molecule has 0 atom stereocenters. The SMILES string of the molecule is Nc1cccc(Cl)c1NCC1CCSCC1. The molecule has 88 valence electrons. The summed E-state index contributed by atoms with van der Waals surface area (Å²) in [6.45, 7) is 0.981. The first-order valence-corrected chi connectivity index (χ1v) is 7.16. The minimum Gasteiger partial charge on any atom is -0.397 e. The highest BCUT2D eigenvalue weighted by molar-refractivity contribution is 7.99. The number of thioether (sulfide) groups is 1. The van der Waals surface area contributed by atoms with Gasteiger partial charge in [0.1, 0.15) is 0 Å². The molecule has 0 spiro atoms. The second kappa shape index (κ2) is 5.69. The van der Waals surface area contributed by atoms with Crippen LogP contribution in [-0.4, -0.2) is 18.1 Å². The van der Waals surface area contributed by atoms with Gasteiger partial charge in [0, 0.05) is 6.54 Å². The fourth-order valence-electron chi connectivity index (χ4n) is 1.92. The third kappa shape index (κ3) is 2.98. The van der Waals surface area contributed by atoms with Gasteiger partial charge in [0.05, 0.1) is 16.4 Å². The number of benzene rings is 1. The third-order valence-electron chi connectivity index (χ3n) is 2.95.